The molecule has 4 rings (SSSR count). The zero-order chi connectivity index (χ0) is 17.8. The highest BCUT2D eigenvalue weighted by molar-refractivity contribution is 7.06. The summed E-state index contributed by atoms with van der Waals surface area (Å²) in [6.45, 7) is 0. The topological polar surface area (TPSA) is 38.0 Å². The van der Waals surface area contributed by atoms with Crippen LogP contribution in [0.4, 0.5) is 10.8 Å². The third-order valence-electron chi connectivity index (χ3n) is 3.94. The van der Waals surface area contributed by atoms with Gasteiger partial charge < -0.3 is 27.0 Å². The van der Waals surface area contributed by atoms with Crippen LogP contribution in [0.1, 0.15) is 0 Å². The Hall–Kier alpha value is -2.70. The van der Waals surface area contributed by atoms with Crippen molar-refractivity contribution < 1.29 is 25.7 Å². The Morgan fingerprint density at radius 2 is 1.48 bits per heavy atom. The average Bonchev–Trinajstić information content (AvgIpc) is 3.13. The summed E-state index contributed by atoms with van der Waals surface area (Å²) in [5.41, 5.74) is 3.13. The molecular weight excluding hydrogens is 422 g/mol. The van der Waals surface area contributed by atoms with E-state index in [2.05, 4.69) is 21.4 Å². The van der Waals surface area contributed by atoms with Crippen LogP contribution in [-0.4, -0.2) is 12.1 Å². The number of aromatic nitrogens is 2. The summed E-state index contributed by atoms with van der Waals surface area (Å²) in [6, 6.07) is 28.3. The van der Waals surface area contributed by atoms with Crippen LogP contribution in [0.3, 0.4) is 0 Å². The highest BCUT2D eigenvalue weighted by Gasteiger charge is 2.24. The van der Waals surface area contributed by atoms with Gasteiger partial charge in [-0.25, -0.2) is 0 Å². The molecule has 4 aromatic rings. The molecule has 0 amide bonds. The summed E-state index contributed by atoms with van der Waals surface area (Å²) in [5.74, 6) is 1.72. The number of benzene rings is 3. The molecule has 1 N–H and O–H groups in total. The van der Waals surface area contributed by atoms with Gasteiger partial charge in [0.2, 0.25) is 0 Å². The highest BCUT2D eigenvalue weighted by atomic mass is 79.9. The number of nitrogens with one attached hydrogen (secondary N) is 1. The van der Waals surface area contributed by atoms with E-state index in [1.165, 1.54) is 0 Å². The number of nitrogens with zero attached hydrogens (tertiary/aromatic N) is 2. The standard InChI is InChI=1S/C21H17N3OS.BrH/c1-25-19-14-12-16(13-15-19)20-23-21(22-17-8-4-2-5-9-17)26-24(20)18-10-6-3-7-11-18;/h2-15H,1H3;1H. The predicted octanol–water partition coefficient (Wildman–Crippen LogP) is 1.84. The lowest BCUT2D eigenvalue weighted by Gasteiger charge is -2.00. The number of hydrogen-bond donors (Lipinski definition) is 1. The first-order chi connectivity index (χ1) is 12.8. The molecule has 0 unspecified atom stereocenters. The van der Waals surface area contributed by atoms with Crippen LogP contribution in [-0.2, 0) is 0 Å². The Kier molecular flexibility index (Phi) is 6.21. The van der Waals surface area contributed by atoms with Crippen molar-refractivity contribution in [3.63, 3.8) is 0 Å². The van der Waals surface area contributed by atoms with Crippen molar-refractivity contribution in [2.45, 2.75) is 0 Å². The van der Waals surface area contributed by atoms with E-state index in [0.29, 0.717) is 0 Å². The third-order valence-corrected chi connectivity index (χ3v) is 4.87. The van der Waals surface area contributed by atoms with Crippen LogP contribution in [0.15, 0.2) is 84.9 Å². The van der Waals surface area contributed by atoms with Crippen molar-refractivity contribution >= 4 is 22.4 Å². The molecule has 6 heteroatoms. The molecule has 0 aliphatic carbocycles. The Morgan fingerprint density at radius 1 is 0.852 bits per heavy atom. The average molecular weight is 440 g/mol. The number of anilines is 2. The van der Waals surface area contributed by atoms with E-state index in [1.54, 1.807) is 18.6 Å². The van der Waals surface area contributed by atoms with Gasteiger partial charge in [-0.1, -0.05) is 36.4 Å². The number of hydrogen-bond acceptors (Lipinski definition) is 4. The van der Waals surface area contributed by atoms with Gasteiger partial charge in [0.05, 0.1) is 12.7 Å². The van der Waals surface area contributed by atoms with Gasteiger partial charge in [-0.05, 0) is 53.5 Å². The maximum atomic E-state index is 5.27. The second kappa shape index (κ2) is 8.79. The summed E-state index contributed by atoms with van der Waals surface area (Å²) in [6.07, 6.45) is 0. The third kappa shape index (κ3) is 4.35. The minimum atomic E-state index is 0. The second-order valence-electron chi connectivity index (χ2n) is 5.68. The van der Waals surface area contributed by atoms with Crippen molar-refractivity contribution in [3.05, 3.63) is 84.9 Å². The molecule has 0 bridgehead atoms. The van der Waals surface area contributed by atoms with Crippen molar-refractivity contribution in [1.29, 1.82) is 0 Å². The monoisotopic (exact) mass is 439 g/mol. The lowest BCUT2D eigenvalue weighted by molar-refractivity contribution is -0.509. The summed E-state index contributed by atoms with van der Waals surface area (Å²) in [5, 5.41) is 4.23. The molecule has 0 aliphatic rings. The zero-order valence-electron chi connectivity index (χ0n) is 14.7. The van der Waals surface area contributed by atoms with E-state index in [0.717, 1.165) is 33.6 Å². The van der Waals surface area contributed by atoms with E-state index in [-0.39, 0.29) is 17.0 Å². The van der Waals surface area contributed by atoms with Gasteiger partial charge in [0.1, 0.15) is 23.0 Å². The number of halogens is 1. The molecule has 0 radical (unpaired) electrons. The largest absolute Gasteiger partial charge is 1.00 e. The maximum absolute atomic E-state index is 5.27. The molecule has 0 fully saturated rings. The van der Waals surface area contributed by atoms with Crippen molar-refractivity contribution in [1.82, 2.24) is 4.98 Å². The van der Waals surface area contributed by atoms with E-state index in [4.69, 9.17) is 9.72 Å². The van der Waals surface area contributed by atoms with Gasteiger partial charge in [0.15, 0.2) is 0 Å². The van der Waals surface area contributed by atoms with Crippen LogP contribution >= 0.6 is 11.5 Å². The number of methoxy groups -OCH3 is 1. The quantitative estimate of drug-likeness (QED) is 0.482. The van der Waals surface area contributed by atoms with Crippen molar-refractivity contribution in [2.24, 2.45) is 0 Å². The summed E-state index contributed by atoms with van der Waals surface area (Å²) < 4.78 is 7.40. The Bertz CT molecular complexity index is 989. The van der Waals surface area contributed by atoms with Gasteiger partial charge in [-0.3, -0.25) is 0 Å². The first-order valence-corrected chi connectivity index (χ1v) is 9.06. The fourth-order valence-electron chi connectivity index (χ4n) is 2.65. The van der Waals surface area contributed by atoms with Crippen LogP contribution < -0.4 is 31.0 Å². The Labute approximate surface area is 173 Å². The molecule has 4 nitrogen and oxygen atoms in total. The van der Waals surface area contributed by atoms with Crippen LogP contribution in [0.25, 0.3) is 17.1 Å². The smallest absolute Gasteiger partial charge is 0.350 e. The van der Waals surface area contributed by atoms with E-state index in [9.17, 15) is 0 Å². The number of para-hydroxylation sites is 2. The Morgan fingerprint density at radius 3 is 2.11 bits per heavy atom. The van der Waals surface area contributed by atoms with Crippen molar-refractivity contribution in [3.8, 4) is 22.8 Å². The SMILES string of the molecule is COc1ccc(-c2nc(Nc3ccccc3)s[n+]2-c2ccccc2)cc1.[Br-]. The fourth-order valence-corrected chi connectivity index (χ4v) is 3.57. The fraction of sp³-hybridized carbons (Fsp3) is 0.0476. The maximum Gasteiger partial charge on any atom is 0.350 e. The number of rotatable bonds is 5. The minimum Gasteiger partial charge on any atom is -1.00 e. The van der Waals surface area contributed by atoms with Crippen LogP contribution in [0.2, 0.25) is 0 Å². The van der Waals surface area contributed by atoms with Gasteiger partial charge in [-0.15, -0.1) is 3.96 Å². The second-order valence-corrected chi connectivity index (χ2v) is 6.62. The molecule has 27 heavy (non-hydrogen) atoms. The Balaban J connectivity index is 0.00000210. The summed E-state index contributed by atoms with van der Waals surface area (Å²) >= 11 is 1.58. The molecule has 0 atom stereocenters. The van der Waals surface area contributed by atoms with E-state index >= 15 is 0 Å². The lowest BCUT2D eigenvalue weighted by atomic mass is 10.2. The van der Waals surface area contributed by atoms with Gasteiger partial charge >= 0.3 is 11.0 Å². The summed E-state index contributed by atoms with van der Waals surface area (Å²) in [4.78, 5) is 4.84. The minimum absolute atomic E-state index is 0. The molecule has 3 aromatic carbocycles. The lowest BCUT2D eigenvalue weighted by Crippen LogP contribution is -3.00. The molecule has 0 aliphatic heterocycles. The molecule has 0 spiro atoms. The van der Waals surface area contributed by atoms with E-state index < -0.39 is 0 Å². The number of ether oxygens (including phenoxy) is 1. The molecule has 1 heterocycles. The zero-order valence-corrected chi connectivity index (χ0v) is 17.1. The first kappa shape index (κ1) is 19.1. The summed E-state index contributed by atoms with van der Waals surface area (Å²) in [7, 11) is 1.67. The predicted molar refractivity (Wildman–Crippen MR) is 105 cm³/mol. The van der Waals surface area contributed by atoms with E-state index in [1.807, 2.05) is 72.8 Å². The molecule has 136 valence electrons. The first-order valence-electron chi connectivity index (χ1n) is 8.29. The van der Waals surface area contributed by atoms with Crippen LogP contribution in [0.5, 0.6) is 5.75 Å². The molecule has 0 saturated heterocycles. The molecular formula is C21H18BrN3OS. The molecule has 1 aromatic heterocycles. The normalized spacial score (nSPS) is 10.1. The van der Waals surface area contributed by atoms with Crippen LogP contribution in [0, 0.1) is 0 Å². The molecule has 0 saturated carbocycles. The van der Waals surface area contributed by atoms with Crippen molar-refractivity contribution in [2.75, 3.05) is 12.4 Å². The highest BCUT2D eigenvalue weighted by Crippen LogP contribution is 2.25. The van der Waals surface area contributed by atoms with Gasteiger partial charge in [-0.2, -0.15) is 0 Å². The van der Waals surface area contributed by atoms with Gasteiger partial charge in [0, 0.05) is 5.69 Å². The van der Waals surface area contributed by atoms with Gasteiger partial charge in [0.25, 0.3) is 0 Å².